The van der Waals surface area contributed by atoms with Gasteiger partial charge in [0.15, 0.2) is 24.7 Å². The van der Waals surface area contributed by atoms with E-state index in [1.807, 2.05) is 55.5 Å². The van der Waals surface area contributed by atoms with Gasteiger partial charge in [0.05, 0.1) is 13.3 Å². The number of hydrogen-bond acceptors (Lipinski definition) is 7. The van der Waals surface area contributed by atoms with E-state index in [9.17, 15) is 9.59 Å². The second-order valence-electron chi connectivity index (χ2n) is 7.99. The lowest BCUT2D eigenvalue weighted by molar-refractivity contribution is -0.123. The van der Waals surface area contributed by atoms with Gasteiger partial charge in [-0.1, -0.05) is 42.0 Å². The second kappa shape index (κ2) is 12.2. The molecule has 188 valence electrons. The Morgan fingerprint density at radius 3 is 2.43 bits per heavy atom. The summed E-state index contributed by atoms with van der Waals surface area (Å²) in [5, 5.41) is 7.69. The maximum Gasteiger partial charge on any atom is 0.277 e. The number of aryl methyl sites for hydroxylation is 1. The number of methoxy groups -OCH3 is 1. The predicted molar refractivity (Wildman–Crippen MR) is 141 cm³/mol. The highest BCUT2D eigenvalue weighted by atomic mass is 16.5. The van der Waals surface area contributed by atoms with Crippen molar-refractivity contribution in [2.24, 2.45) is 5.10 Å². The van der Waals surface area contributed by atoms with Crippen molar-refractivity contribution < 1.29 is 23.8 Å². The summed E-state index contributed by atoms with van der Waals surface area (Å²) in [5.74, 6) is 0.466. The number of pyridine rings is 1. The molecule has 0 fully saturated rings. The van der Waals surface area contributed by atoms with E-state index in [0.29, 0.717) is 34.0 Å². The Balaban J connectivity index is 1.35. The second-order valence-corrected chi connectivity index (χ2v) is 7.99. The maximum absolute atomic E-state index is 12.4. The number of anilines is 1. The number of benzene rings is 3. The van der Waals surface area contributed by atoms with E-state index < -0.39 is 5.91 Å². The molecule has 3 aromatic carbocycles. The van der Waals surface area contributed by atoms with E-state index in [2.05, 4.69) is 20.8 Å². The van der Waals surface area contributed by atoms with Crippen LogP contribution in [0.5, 0.6) is 17.2 Å². The molecule has 2 amide bonds. The van der Waals surface area contributed by atoms with Gasteiger partial charge in [-0.15, -0.1) is 0 Å². The van der Waals surface area contributed by atoms with Gasteiger partial charge in [0.2, 0.25) is 0 Å². The van der Waals surface area contributed by atoms with Crippen LogP contribution in [0, 0.1) is 6.92 Å². The summed E-state index contributed by atoms with van der Waals surface area (Å²) in [7, 11) is 1.50. The summed E-state index contributed by atoms with van der Waals surface area (Å²) < 4.78 is 16.7. The van der Waals surface area contributed by atoms with Gasteiger partial charge in [-0.2, -0.15) is 5.10 Å². The van der Waals surface area contributed by atoms with Gasteiger partial charge < -0.3 is 19.5 Å². The molecule has 0 radical (unpaired) electrons. The van der Waals surface area contributed by atoms with E-state index in [1.54, 1.807) is 30.5 Å². The van der Waals surface area contributed by atoms with Crippen LogP contribution < -0.4 is 25.0 Å². The molecule has 0 saturated carbocycles. The molecular weight excluding hydrogens is 472 g/mol. The number of aromatic nitrogens is 1. The summed E-state index contributed by atoms with van der Waals surface area (Å²) in [5.41, 5.74) is 5.38. The Hall–Kier alpha value is -4.92. The van der Waals surface area contributed by atoms with E-state index in [4.69, 9.17) is 14.2 Å². The number of nitrogens with one attached hydrogen (secondary N) is 2. The minimum atomic E-state index is -0.452. The van der Waals surface area contributed by atoms with Crippen molar-refractivity contribution in [2.45, 2.75) is 6.92 Å². The summed E-state index contributed by atoms with van der Waals surface area (Å²) >= 11 is 0. The summed E-state index contributed by atoms with van der Waals surface area (Å²) in [4.78, 5) is 29.0. The van der Waals surface area contributed by atoms with Crippen molar-refractivity contribution in [3.8, 4) is 17.2 Å². The molecule has 0 atom stereocenters. The first kappa shape index (κ1) is 25.2. The van der Waals surface area contributed by atoms with Gasteiger partial charge in [0, 0.05) is 22.8 Å². The Kier molecular flexibility index (Phi) is 8.28. The van der Waals surface area contributed by atoms with Crippen LogP contribution in [0.15, 0.2) is 84.1 Å². The molecular formula is C28H26N4O5. The first-order valence-electron chi connectivity index (χ1n) is 11.5. The monoisotopic (exact) mass is 498 g/mol. The van der Waals surface area contributed by atoms with Crippen molar-refractivity contribution in [1.29, 1.82) is 0 Å². The normalized spacial score (nSPS) is 10.8. The largest absolute Gasteiger partial charge is 0.493 e. The van der Waals surface area contributed by atoms with Gasteiger partial charge in [-0.05, 0) is 43.3 Å². The molecule has 0 aliphatic carbocycles. The van der Waals surface area contributed by atoms with Crippen molar-refractivity contribution in [3.05, 3.63) is 90.1 Å². The zero-order chi connectivity index (χ0) is 26.0. The van der Waals surface area contributed by atoms with Crippen molar-refractivity contribution in [2.75, 3.05) is 25.6 Å². The van der Waals surface area contributed by atoms with Crippen LogP contribution in [0.2, 0.25) is 0 Å². The Morgan fingerprint density at radius 1 is 0.892 bits per heavy atom. The third kappa shape index (κ3) is 6.82. The first-order chi connectivity index (χ1) is 18.0. The van der Waals surface area contributed by atoms with Crippen molar-refractivity contribution in [1.82, 2.24) is 10.4 Å². The lowest BCUT2D eigenvalue weighted by Crippen LogP contribution is -2.24. The lowest BCUT2D eigenvalue weighted by atomic mass is 10.2. The summed E-state index contributed by atoms with van der Waals surface area (Å²) in [6.45, 7) is 1.49. The van der Waals surface area contributed by atoms with Crippen LogP contribution >= 0.6 is 0 Å². The number of carbonyl (C=O) groups excluding carboxylic acids is 2. The number of amides is 2. The number of para-hydroxylation sites is 2. The van der Waals surface area contributed by atoms with Crippen LogP contribution in [0.1, 0.15) is 11.1 Å². The minimum absolute atomic E-state index is 0.242. The highest BCUT2D eigenvalue weighted by molar-refractivity contribution is 5.92. The molecule has 9 nitrogen and oxygen atoms in total. The molecule has 0 saturated heterocycles. The van der Waals surface area contributed by atoms with Crippen LogP contribution in [-0.2, 0) is 9.59 Å². The third-order valence-electron chi connectivity index (χ3n) is 5.26. The fraction of sp³-hybridized carbons (Fsp3) is 0.143. The highest BCUT2D eigenvalue weighted by Crippen LogP contribution is 2.30. The standard InChI is InChI=1S/C28H26N4O5/c1-19-11-13-22(14-12-19)31-25(33)17-37-28-21(7-4-10-24(28)35-2)16-30-32-26(34)18-36-23-9-3-6-20-8-5-15-29-27(20)23/h3-16H,17-18H2,1-2H3,(H,31,33)(H,32,34)/b30-16+. The van der Waals surface area contributed by atoms with Gasteiger partial charge in [0.1, 0.15) is 11.3 Å². The van der Waals surface area contributed by atoms with Crippen LogP contribution in [0.25, 0.3) is 10.9 Å². The summed E-state index contributed by atoms with van der Waals surface area (Å²) in [6.07, 6.45) is 3.08. The van der Waals surface area contributed by atoms with Crippen LogP contribution in [-0.4, -0.2) is 43.3 Å². The van der Waals surface area contributed by atoms with Crippen LogP contribution in [0.3, 0.4) is 0 Å². The molecule has 1 aromatic heterocycles. The van der Waals surface area contributed by atoms with Gasteiger partial charge in [-0.25, -0.2) is 5.43 Å². The molecule has 1 heterocycles. The zero-order valence-corrected chi connectivity index (χ0v) is 20.4. The molecule has 0 aliphatic rings. The highest BCUT2D eigenvalue weighted by Gasteiger charge is 2.12. The first-order valence-corrected chi connectivity index (χ1v) is 11.5. The SMILES string of the molecule is COc1cccc(/C=N/NC(=O)COc2cccc3cccnc23)c1OCC(=O)Nc1ccc(C)cc1. The summed E-state index contributed by atoms with van der Waals surface area (Å²) in [6, 6.07) is 21.9. The number of nitrogens with zero attached hydrogens (tertiary/aromatic N) is 2. The van der Waals surface area contributed by atoms with Crippen molar-refractivity contribution in [3.63, 3.8) is 0 Å². The maximum atomic E-state index is 12.4. The van der Waals surface area contributed by atoms with Gasteiger partial charge in [0.25, 0.3) is 11.8 Å². The molecule has 0 aliphatic heterocycles. The number of carbonyl (C=O) groups is 2. The third-order valence-corrected chi connectivity index (χ3v) is 5.26. The number of ether oxygens (including phenoxy) is 3. The van der Waals surface area contributed by atoms with E-state index in [-0.39, 0.29) is 19.1 Å². The Labute approximate surface area is 214 Å². The molecule has 0 bridgehead atoms. The number of hydrazone groups is 1. The smallest absolute Gasteiger partial charge is 0.277 e. The molecule has 37 heavy (non-hydrogen) atoms. The molecule has 2 N–H and O–H groups in total. The fourth-order valence-electron chi connectivity index (χ4n) is 3.46. The average Bonchev–Trinajstić information content (AvgIpc) is 2.92. The lowest BCUT2D eigenvalue weighted by Gasteiger charge is -2.13. The molecule has 4 rings (SSSR count). The van der Waals surface area contributed by atoms with Gasteiger partial charge in [-0.3, -0.25) is 14.6 Å². The van der Waals surface area contributed by atoms with E-state index in [0.717, 1.165) is 10.9 Å². The molecule has 0 spiro atoms. The number of fused-ring (bicyclic) bond motifs is 1. The molecule has 0 unspecified atom stereocenters. The molecule has 9 heteroatoms. The Bertz CT molecular complexity index is 1410. The topological polar surface area (TPSA) is 111 Å². The van der Waals surface area contributed by atoms with Crippen LogP contribution in [0.4, 0.5) is 5.69 Å². The van der Waals surface area contributed by atoms with E-state index >= 15 is 0 Å². The quantitative estimate of drug-likeness (QED) is 0.252. The zero-order valence-electron chi connectivity index (χ0n) is 20.4. The minimum Gasteiger partial charge on any atom is -0.493 e. The van der Waals surface area contributed by atoms with Gasteiger partial charge >= 0.3 is 0 Å². The number of hydrogen-bond donors (Lipinski definition) is 2. The molecule has 4 aromatic rings. The van der Waals surface area contributed by atoms with E-state index in [1.165, 1.54) is 13.3 Å². The fourth-order valence-corrected chi connectivity index (χ4v) is 3.46. The average molecular weight is 499 g/mol. The number of rotatable bonds is 10. The van der Waals surface area contributed by atoms with Crippen molar-refractivity contribution >= 4 is 34.6 Å². The predicted octanol–water partition coefficient (Wildman–Crippen LogP) is 4.10. The Morgan fingerprint density at radius 2 is 1.62 bits per heavy atom.